The van der Waals surface area contributed by atoms with E-state index in [0.29, 0.717) is 0 Å². The number of nitrogens with zero attached hydrogens (tertiary/aromatic N) is 3. The summed E-state index contributed by atoms with van der Waals surface area (Å²) in [5.74, 6) is 0. The second-order valence-corrected chi connectivity index (χ2v) is 17.7. The van der Waals surface area contributed by atoms with Crippen molar-refractivity contribution in [1.82, 2.24) is 9.97 Å². The first-order valence-corrected chi connectivity index (χ1v) is 19.0. The summed E-state index contributed by atoms with van der Waals surface area (Å²) in [6, 6.07) is 49.3. The summed E-state index contributed by atoms with van der Waals surface area (Å²) in [5, 5.41) is 5.77. The van der Waals surface area contributed by atoms with Gasteiger partial charge in [-0.25, -0.2) is 0 Å². The molecule has 0 fully saturated rings. The van der Waals surface area contributed by atoms with E-state index in [4.69, 9.17) is 14.4 Å². The van der Waals surface area contributed by atoms with Crippen LogP contribution in [0.4, 0.5) is 17.1 Å². The molecule has 0 spiro atoms. The van der Waals surface area contributed by atoms with Crippen LogP contribution in [0.5, 0.6) is 0 Å². The monoisotopic (exact) mass is 804 g/mol. The van der Waals surface area contributed by atoms with E-state index < -0.39 is 8.07 Å². The smallest absolute Gasteiger partial charge is 0.455 e. The topological polar surface area (TPSA) is 42.2 Å². The van der Waals surface area contributed by atoms with Gasteiger partial charge in [-0.15, -0.1) is 59.7 Å². The first kappa shape index (κ1) is 30.8. The Morgan fingerprint density at radius 1 is 0.574 bits per heavy atom. The largest absolute Gasteiger partial charge is 2.00 e. The van der Waals surface area contributed by atoms with Crippen LogP contribution in [0.2, 0.25) is 19.6 Å². The maximum absolute atomic E-state index is 6.04. The van der Waals surface area contributed by atoms with E-state index in [1.54, 1.807) is 0 Å². The number of para-hydroxylation sites is 1. The number of aromatic nitrogens is 2. The molecule has 0 atom stereocenters. The van der Waals surface area contributed by atoms with E-state index in [2.05, 4.69) is 140 Å². The van der Waals surface area contributed by atoms with Crippen LogP contribution in [0, 0.1) is 12.1 Å². The summed E-state index contributed by atoms with van der Waals surface area (Å²) < 4.78 is 6.04. The molecule has 0 radical (unpaired) electrons. The number of hydrogen-bond acceptors (Lipinski definition) is 4. The number of fused-ring (bicyclic) bond motifs is 4. The third-order valence-electron chi connectivity index (χ3n) is 8.49. The Balaban J connectivity index is 0.00000351. The Hall–Kier alpha value is -4.83. The van der Waals surface area contributed by atoms with Gasteiger partial charge < -0.3 is 19.3 Å². The van der Waals surface area contributed by atoms with Gasteiger partial charge in [-0.3, -0.25) is 0 Å². The van der Waals surface area contributed by atoms with Crippen LogP contribution in [0.1, 0.15) is 0 Å². The van der Waals surface area contributed by atoms with Gasteiger partial charge in [0, 0.05) is 22.4 Å². The van der Waals surface area contributed by atoms with Gasteiger partial charge in [-0.1, -0.05) is 92.4 Å². The predicted molar refractivity (Wildman–Crippen MR) is 193 cm³/mol. The second-order valence-electron chi connectivity index (χ2n) is 12.6. The van der Waals surface area contributed by atoms with Crippen molar-refractivity contribution in [2.75, 3.05) is 4.90 Å². The number of furan rings is 1. The number of hydrogen-bond donors (Lipinski definition) is 0. The van der Waals surface area contributed by atoms with Crippen LogP contribution < -0.4 is 10.1 Å². The molecule has 0 unspecified atom stereocenters. The SMILES string of the molecule is C[Si](C)(C)c1ccc(-c2[c-]c(N(c3[c-]c(-c4cc5c(cn4)oc4ccccc45)ccc3)c3cccc4ccccc34)ccc2)nc1.[Pt+2]. The molecule has 8 aromatic rings. The van der Waals surface area contributed by atoms with Crippen molar-refractivity contribution in [3.63, 3.8) is 0 Å². The minimum atomic E-state index is -1.45. The van der Waals surface area contributed by atoms with Crippen molar-refractivity contribution in [2.45, 2.75) is 19.6 Å². The van der Waals surface area contributed by atoms with Gasteiger partial charge in [0.1, 0.15) is 5.58 Å². The summed E-state index contributed by atoms with van der Waals surface area (Å²) in [6.45, 7) is 7.02. The predicted octanol–water partition coefficient (Wildman–Crippen LogP) is 10.5. The van der Waals surface area contributed by atoms with E-state index >= 15 is 0 Å². The van der Waals surface area contributed by atoms with Crippen LogP contribution >= 0.6 is 0 Å². The number of anilines is 3. The summed E-state index contributed by atoms with van der Waals surface area (Å²) in [5.41, 5.74) is 8.06. The minimum absolute atomic E-state index is 0. The molecule has 0 amide bonds. The van der Waals surface area contributed by atoms with Crippen molar-refractivity contribution in [2.24, 2.45) is 0 Å². The Morgan fingerprint density at radius 3 is 1.94 bits per heavy atom. The van der Waals surface area contributed by atoms with Crippen LogP contribution in [0.25, 0.3) is 55.2 Å². The molecule has 0 saturated carbocycles. The average molecular weight is 805 g/mol. The molecule has 0 saturated heterocycles. The van der Waals surface area contributed by atoms with Crippen LogP contribution in [-0.2, 0) is 21.1 Å². The summed E-state index contributed by atoms with van der Waals surface area (Å²) >= 11 is 0. The van der Waals surface area contributed by atoms with Gasteiger partial charge in [0.25, 0.3) is 0 Å². The molecule has 0 aliphatic rings. The van der Waals surface area contributed by atoms with Crippen LogP contribution in [-0.4, -0.2) is 18.0 Å². The number of rotatable bonds is 6. The molecule has 6 heteroatoms. The fraction of sp³-hybridized carbons (Fsp3) is 0.0732. The van der Waals surface area contributed by atoms with E-state index in [1.165, 1.54) is 10.6 Å². The molecule has 230 valence electrons. The molecular weight excluding hydrogens is 774 g/mol. The van der Waals surface area contributed by atoms with Crippen LogP contribution in [0.3, 0.4) is 0 Å². The molecule has 0 aliphatic carbocycles. The Morgan fingerprint density at radius 2 is 1.21 bits per heavy atom. The van der Waals surface area contributed by atoms with Gasteiger partial charge in [0.05, 0.1) is 20.0 Å². The van der Waals surface area contributed by atoms with E-state index in [9.17, 15) is 0 Å². The first-order chi connectivity index (χ1) is 22.4. The Labute approximate surface area is 290 Å². The zero-order chi connectivity index (χ0) is 31.3. The zero-order valence-electron chi connectivity index (χ0n) is 26.3. The summed E-state index contributed by atoms with van der Waals surface area (Å²) in [6.07, 6.45) is 3.85. The molecule has 8 rings (SSSR count). The minimum Gasteiger partial charge on any atom is -0.455 e. The van der Waals surface area contributed by atoms with Crippen molar-refractivity contribution < 1.29 is 25.5 Å². The fourth-order valence-electron chi connectivity index (χ4n) is 6.04. The first-order valence-electron chi connectivity index (χ1n) is 15.5. The maximum atomic E-state index is 6.04. The number of benzene rings is 5. The maximum Gasteiger partial charge on any atom is 2.00 e. The van der Waals surface area contributed by atoms with Gasteiger partial charge in [0.15, 0.2) is 5.58 Å². The van der Waals surface area contributed by atoms with Crippen molar-refractivity contribution >= 4 is 63.0 Å². The van der Waals surface area contributed by atoms with Crippen LogP contribution in [0.15, 0.2) is 138 Å². The average Bonchev–Trinajstić information content (AvgIpc) is 3.47. The second kappa shape index (κ2) is 12.4. The Bertz CT molecular complexity index is 2370. The Kier molecular flexibility index (Phi) is 8.13. The molecule has 0 aliphatic heterocycles. The number of pyridine rings is 2. The molecule has 4 nitrogen and oxygen atoms in total. The van der Waals surface area contributed by atoms with Crippen molar-refractivity contribution in [3.05, 3.63) is 146 Å². The van der Waals surface area contributed by atoms with Crippen molar-refractivity contribution in [1.29, 1.82) is 0 Å². The standard InChI is InChI=1S/C41H31N3OSi.Pt/c1-46(2,3)33-21-22-37(42-26-33)29-13-8-15-31(23-29)44(39-19-10-12-28-11-4-5-17-34(28)39)32-16-9-14-30(24-32)38-25-36-35-18-6-7-20-40(35)45-41(36)27-43-38;/h4-22,25-27H,1-3H3;/q-2;+2. The van der Waals surface area contributed by atoms with Gasteiger partial charge in [0.2, 0.25) is 0 Å². The summed E-state index contributed by atoms with van der Waals surface area (Å²) in [7, 11) is -1.45. The quantitative estimate of drug-likeness (QED) is 0.124. The van der Waals surface area contributed by atoms with E-state index in [-0.39, 0.29) is 21.1 Å². The fourth-order valence-corrected chi connectivity index (χ4v) is 7.08. The molecule has 47 heavy (non-hydrogen) atoms. The van der Waals surface area contributed by atoms with Gasteiger partial charge >= 0.3 is 21.1 Å². The molecule has 5 aromatic carbocycles. The third kappa shape index (κ3) is 5.82. The zero-order valence-corrected chi connectivity index (χ0v) is 29.5. The molecule has 3 heterocycles. The third-order valence-corrected chi connectivity index (χ3v) is 10.5. The van der Waals surface area contributed by atoms with E-state index in [1.807, 2.05) is 30.6 Å². The normalized spacial score (nSPS) is 11.6. The summed E-state index contributed by atoms with van der Waals surface area (Å²) in [4.78, 5) is 11.9. The van der Waals surface area contributed by atoms with E-state index in [0.717, 1.165) is 66.9 Å². The molecular formula is C41H31N3OPtSi. The van der Waals surface area contributed by atoms with Crippen molar-refractivity contribution in [3.8, 4) is 22.5 Å². The molecule has 3 aromatic heterocycles. The molecule has 0 N–H and O–H groups in total. The molecule has 0 bridgehead atoms. The van der Waals surface area contributed by atoms with Gasteiger partial charge in [-0.2, -0.15) is 0 Å². The van der Waals surface area contributed by atoms with Gasteiger partial charge in [-0.05, 0) is 45.5 Å².